The van der Waals surface area contributed by atoms with Crippen molar-refractivity contribution in [1.29, 1.82) is 0 Å². The van der Waals surface area contributed by atoms with Crippen LogP contribution in [0.2, 0.25) is 0 Å². The second kappa shape index (κ2) is 8.72. The van der Waals surface area contributed by atoms with Crippen LogP contribution in [-0.4, -0.2) is 50.1 Å². The molecule has 5 heteroatoms. The van der Waals surface area contributed by atoms with Crippen LogP contribution in [-0.2, 0) is 0 Å². The highest BCUT2D eigenvalue weighted by Crippen LogP contribution is 2.28. The molecule has 0 saturated heterocycles. The maximum Gasteiger partial charge on any atom is 0.123 e. The van der Waals surface area contributed by atoms with Gasteiger partial charge in [-0.15, -0.1) is 0 Å². The molecular weight excluding hydrogens is 321 g/mol. The van der Waals surface area contributed by atoms with Gasteiger partial charge in [0.2, 0.25) is 0 Å². The van der Waals surface area contributed by atoms with Gasteiger partial charge >= 0.3 is 0 Å². The predicted molar refractivity (Wildman–Crippen MR) is 86.3 cm³/mol. The van der Waals surface area contributed by atoms with Gasteiger partial charge in [-0.2, -0.15) is 0 Å². The van der Waals surface area contributed by atoms with Gasteiger partial charge in [-0.05, 0) is 50.8 Å². The van der Waals surface area contributed by atoms with Gasteiger partial charge in [0, 0.05) is 30.1 Å². The first-order valence-corrected chi connectivity index (χ1v) is 7.82. The third-order valence-electron chi connectivity index (χ3n) is 3.33. The summed E-state index contributed by atoms with van der Waals surface area (Å²) < 4.78 is 14.4. The molecule has 1 aromatic rings. The summed E-state index contributed by atoms with van der Waals surface area (Å²) in [5.41, 5.74) is 6.89. The summed E-state index contributed by atoms with van der Waals surface area (Å²) in [4.78, 5) is 4.48. The largest absolute Gasteiger partial charge is 0.329 e. The van der Waals surface area contributed by atoms with Crippen LogP contribution in [0.15, 0.2) is 22.7 Å². The van der Waals surface area contributed by atoms with Crippen molar-refractivity contribution in [3.05, 3.63) is 34.1 Å². The van der Waals surface area contributed by atoms with E-state index in [1.807, 2.05) is 0 Å². The molecule has 0 bridgehead atoms. The normalized spacial score (nSPS) is 13.2. The molecule has 0 fully saturated rings. The number of hydrogen-bond donors (Lipinski definition) is 1. The van der Waals surface area contributed by atoms with E-state index in [0.29, 0.717) is 6.54 Å². The molecule has 0 spiro atoms. The van der Waals surface area contributed by atoms with Gasteiger partial charge in [0.15, 0.2) is 0 Å². The van der Waals surface area contributed by atoms with Gasteiger partial charge in [0.05, 0.1) is 0 Å². The van der Waals surface area contributed by atoms with Crippen molar-refractivity contribution >= 4 is 15.9 Å². The molecule has 3 nitrogen and oxygen atoms in total. The molecule has 0 amide bonds. The van der Waals surface area contributed by atoms with Gasteiger partial charge in [-0.3, -0.25) is 4.90 Å². The second-order valence-electron chi connectivity index (χ2n) is 5.26. The van der Waals surface area contributed by atoms with E-state index in [1.165, 1.54) is 6.07 Å². The fraction of sp³-hybridized carbons (Fsp3) is 0.600. The Balaban J connectivity index is 2.96. The molecule has 0 aliphatic heterocycles. The maximum absolute atomic E-state index is 13.5. The zero-order valence-electron chi connectivity index (χ0n) is 12.6. The summed E-state index contributed by atoms with van der Waals surface area (Å²) in [6.45, 7) is 5.47. The first kappa shape index (κ1) is 17.6. The Kier molecular flexibility index (Phi) is 7.66. The fourth-order valence-corrected chi connectivity index (χ4v) is 2.79. The van der Waals surface area contributed by atoms with E-state index in [0.717, 1.165) is 36.1 Å². The van der Waals surface area contributed by atoms with Crippen molar-refractivity contribution in [1.82, 2.24) is 9.80 Å². The van der Waals surface area contributed by atoms with Gasteiger partial charge in [-0.25, -0.2) is 4.39 Å². The van der Waals surface area contributed by atoms with Crippen LogP contribution in [0.1, 0.15) is 24.9 Å². The Morgan fingerprint density at radius 1 is 1.25 bits per heavy atom. The summed E-state index contributed by atoms with van der Waals surface area (Å²) in [6.07, 6.45) is 1.05. The van der Waals surface area contributed by atoms with Crippen molar-refractivity contribution < 1.29 is 4.39 Å². The van der Waals surface area contributed by atoms with Gasteiger partial charge < -0.3 is 10.6 Å². The molecule has 0 radical (unpaired) electrons. The molecule has 0 aliphatic rings. The third kappa shape index (κ3) is 5.13. The fourth-order valence-electron chi connectivity index (χ4n) is 2.28. The van der Waals surface area contributed by atoms with Crippen molar-refractivity contribution in [2.75, 3.05) is 40.3 Å². The number of hydrogen-bond acceptors (Lipinski definition) is 3. The van der Waals surface area contributed by atoms with Crippen molar-refractivity contribution in [2.45, 2.75) is 19.4 Å². The lowest BCUT2D eigenvalue weighted by atomic mass is 10.0. The van der Waals surface area contributed by atoms with E-state index in [1.54, 1.807) is 12.1 Å². The van der Waals surface area contributed by atoms with Crippen LogP contribution in [0, 0.1) is 5.82 Å². The topological polar surface area (TPSA) is 32.5 Å². The molecule has 1 unspecified atom stereocenters. The predicted octanol–water partition coefficient (Wildman–Crippen LogP) is 2.86. The Labute approximate surface area is 130 Å². The Hall–Kier alpha value is -0.490. The summed E-state index contributed by atoms with van der Waals surface area (Å²) in [6, 6.07) is 4.84. The minimum Gasteiger partial charge on any atom is -0.329 e. The zero-order valence-corrected chi connectivity index (χ0v) is 14.2. The van der Waals surface area contributed by atoms with E-state index in [4.69, 9.17) is 5.73 Å². The number of rotatable bonds is 8. The minimum atomic E-state index is -0.217. The van der Waals surface area contributed by atoms with Gasteiger partial charge in [-0.1, -0.05) is 22.9 Å². The molecule has 0 heterocycles. The molecule has 1 aromatic carbocycles. The van der Waals surface area contributed by atoms with Crippen LogP contribution >= 0.6 is 15.9 Å². The van der Waals surface area contributed by atoms with E-state index in [-0.39, 0.29) is 11.9 Å². The monoisotopic (exact) mass is 345 g/mol. The molecule has 1 rings (SSSR count). The van der Waals surface area contributed by atoms with Gasteiger partial charge in [0.1, 0.15) is 5.82 Å². The average molecular weight is 346 g/mol. The highest BCUT2D eigenvalue weighted by atomic mass is 79.9. The highest BCUT2D eigenvalue weighted by molar-refractivity contribution is 9.10. The molecule has 0 aliphatic carbocycles. The van der Waals surface area contributed by atoms with E-state index < -0.39 is 0 Å². The number of halogens is 2. The molecule has 0 aromatic heterocycles. The summed E-state index contributed by atoms with van der Waals surface area (Å²) >= 11 is 3.51. The summed E-state index contributed by atoms with van der Waals surface area (Å²) in [7, 11) is 4.11. The van der Waals surface area contributed by atoms with Crippen LogP contribution < -0.4 is 5.73 Å². The minimum absolute atomic E-state index is 0.0416. The molecular formula is C15H25BrFN3. The number of likely N-dealkylation sites (N-methyl/N-ethyl adjacent to an activating group) is 1. The Bertz CT molecular complexity index is 412. The molecule has 1 atom stereocenters. The third-order valence-corrected chi connectivity index (χ3v) is 4.05. The number of nitrogens with two attached hydrogens (primary N) is 1. The van der Waals surface area contributed by atoms with E-state index in [9.17, 15) is 4.39 Å². The number of nitrogens with zero attached hydrogens (tertiary/aromatic N) is 2. The van der Waals surface area contributed by atoms with Crippen LogP contribution in [0.3, 0.4) is 0 Å². The second-order valence-corrected chi connectivity index (χ2v) is 6.11. The smallest absolute Gasteiger partial charge is 0.123 e. The SMILES string of the molecule is CCCN(CCN(C)C)C(CN)c1cc(F)ccc1Br. The molecule has 114 valence electrons. The maximum atomic E-state index is 13.5. The van der Waals surface area contributed by atoms with E-state index in [2.05, 4.69) is 46.7 Å². The Morgan fingerprint density at radius 2 is 1.95 bits per heavy atom. The zero-order chi connectivity index (χ0) is 15.1. The van der Waals surface area contributed by atoms with Crippen molar-refractivity contribution in [3.63, 3.8) is 0 Å². The van der Waals surface area contributed by atoms with Crippen LogP contribution in [0.25, 0.3) is 0 Å². The van der Waals surface area contributed by atoms with Crippen molar-refractivity contribution in [3.8, 4) is 0 Å². The lowest BCUT2D eigenvalue weighted by molar-refractivity contribution is 0.182. The van der Waals surface area contributed by atoms with Crippen LogP contribution in [0.5, 0.6) is 0 Å². The number of benzene rings is 1. The standard InChI is InChI=1S/C15H25BrFN3/c1-4-7-20(9-8-19(2)3)15(11-18)13-10-12(17)5-6-14(13)16/h5-6,10,15H,4,7-9,11,18H2,1-3H3. The molecule has 0 saturated carbocycles. The average Bonchev–Trinajstić information content (AvgIpc) is 2.40. The van der Waals surface area contributed by atoms with Crippen LogP contribution in [0.4, 0.5) is 4.39 Å². The lowest BCUT2D eigenvalue weighted by Crippen LogP contribution is -2.39. The van der Waals surface area contributed by atoms with Crippen molar-refractivity contribution in [2.24, 2.45) is 5.73 Å². The van der Waals surface area contributed by atoms with E-state index >= 15 is 0 Å². The quantitative estimate of drug-likeness (QED) is 0.786. The first-order chi connectivity index (χ1) is 9.49. The summed E-state index contributed by atoms with van der Waals surface area (Å²) in [5.74, 6) is -0.217. The molecule has 2 N–H and O–H groups in total. The summed E-state index contributed by atoms with van der Waals surface area (Å²) in [5, 5.41) is 0. The lowest BCUT2D eigenvalue weighted by Gasteiger charge is -2.32. The first-order valence-electron chi connectivity index (χ1n) is 7.03. The Morgan fingerprint density at radius 3 is 2.50 bits per heavy atom. The van der Waals surface area contributed by atoms with Gasteiger partial charge in [0.25, 0.3) is 0 Å². The molecule has 20 heavy (non-hydrogen) atoms. The highest BCUT2D eigenvalue weighted by Gasteiger charge is 2.21.